The Labute approximate surface area is 129 Å². The molecule has 0 radical (unpaired) electrons. The molecule has 4 heteroatoms. The monoisotopic (exact) mass is 294 g/mol. The van der Waals surface area contributed by atoms with Crippen LogP contribution in [0.2, 0.25) is 0 Å². The highest BCUT2D eigenvalue weighted by atomic mass is 16.5. The van der Waals surface area contributed by atoms with E-state index in [-0.39, 0.29) is 0 Å². The number of aryl methyl sites for hydroxylation is 1. The first kappa shape index (κ1) is 18.0. The minimum atomic E-state index is -0.468. The van der Waals surface area contributed by atoms with Crippen molar-refractivity contribution in [3.63, 3.8) is 0 Å². The SMILES string of the molecule is CCc1ccc(OCC(O)CNCCCCN(C)C)cc1. The Morgan fingerprint density at radius 1 is 1.19 bits per heavy atom. The highest BCUT2D eigenvalue weighted by Gasteiger charge is 2.04. The molecule has 0 fully saturated rings. The number of hydrogen-bond donors (Lipinski definition) is 2. The number of aliphatic hydroxyl groups is 1. The molecule has 0 saturated carbocycles. The van der Waals surface area contributed by atoms with Crippen molar-refractivity contribution in [3.8, 4) is 5.75 Å². The molecular weight excluding hydrogens is 264 g/mol. The molecule has 120 valence electrons. The second-order valence-corrected chi connectivity index (χ2v) is 5.68. The van der Waals surface area contributed by atoms with Crippen molar-refractivity contribution in [1.29, 1.82) is 0 Å². The highest BCUT2D eigenvalue weighted by Crippen LogP contribution is 2.12. The number of aliphatic hydroxyl groups excluding tert-OH is 1. The number of rotatable bonds is 11. The van der Waals surface area contributed by atoms with Crippen LogP contribution in [0, 0.1) is 0 Å². The van der Waals surface area contributed by atoms with Gasteiger partial charge in [-0.2, -0.15) is 0 Å². The summed E-state index contributed by atoms with van der Waals surface area (Å²) in [4.78, 5) is 2.19. The van der Waals surface area contributed by atoms with Gasteiger partial charge in [0.15, 0.2) is 0 Å². The fourth-order valence-corrected chi connectivity index (χ4v) is 2.02. The Hall–Kier alpha value is -1.10. The van der Waals surface area contributed by atoms with Gasteiger partial charge in [0.1, 0.15) is 18.5 Å². The fraction of sp³-hybridized carbons (Fsp3) is 0.647. The summed E-state index contributed by atoms with van der Waals surface area (Å²) in [6.07, 6.45) is 2.87. The molecule has 0 aliphatic carbocycles. The zero-order valence-electron chi connectivity index (χ0n) is 13.6. The topological polar surface area (TPSA) is 44.7 Å². The summed E-state index contributed by atoms with van der Waals surface area (Å²) < 4.78 is 5.58. The molecule has 0 amide bonds. The van der Waals surface area contributed by atoms with Crippen molar-refractivity contribution < 1.29 is 9.84 Å². The zero-order valence-corrected chi connectivity index (χ0v) is 13.6. The van der Waals surface area contributed by atoms with Crippen molar-refractivity contribution >= 4 is 0 Å². The van der Waals surface area contributed by atoms with Gasteiger partial charge in [0.2, 0.25) is 0 Å². The maximum Gasteiger partial charge on any atom is 0.119 e. The van der Waals surface area contributed by atoms with Gasteiger partial charge in [-0.25, -0.2) is 0 Å². The first-order valence-electron chi connectivity index (χ1n) is 7.87. The van der Waals surface area contributed by atoms with E-state index < -0.39 is 6.10 Å². The van der Waals surface area contributed by atoms with Crippen LogP contribution in [-0.4, -0.2) is 56.4 Å². The van der Waals surface area contributed by atoms with Gasteiger partial charge in [-0.05, 0) is 64.1 Å². The summed E-state index contributed by atoms with van der Waals surface area (Å²) in [5.41, 5.74) is 1.29. The largest absolute Gasteiger partial charge is 0.491 e. The fourth-order valence-electron chi connectivity index (χ4n) is 2.02. The lowest BCUT2D eigenvalue weighted by Gasteiger charge is -2.14. The quantitative estimate of drug-likeness (QED) is 0.612. The predicted molar refractivity (Wildman–Crippen MR) is 88.0 cm³/mol. The first-order valence-corrected chi connectivity index (χ1v) is 7.87. The lowest BCUT2D eigenvalue weighted by Crippen LogP contribution is -2.32. The van der Waals surface area contributed by atoms with Crippen molar-refractivity contribution in [2.45, 2.75) is 32.3 Å². The molecule has 0 aromatic heterocycles. The van der Waals surface area contributed by atoms with Crippen molar-refractivity contribution in [1.82, 2.24) is 10.2 Å². The van der Waals surface area contributed by atoms with E-state index >= 15 is 0 Å². The minimum Gasteiger partial charge on any atom is -0.491 e. The van der Waals surface area contributed by atoms with Gasteiger partial charge in [-0.3, -0.25) is 0 Å². The summed E-state index contributed by atoms with van der Waals surface area (Å²) in [6.45, 7) is 5.09. The third-order valence-corrected chi connectivity index (χ3v) is 3.36. The normalized spacial score (nSPS) is 12.6. The number of nitrogens with zero attached hydrogens (tertiary/aromatic N) is 1. The Balaban J connectivity index is 2.06. The van der Waals surface area contributed by atoms with Crippen LogP contribution in [0.15, 0.2) is 24.3 Å². The molecular formula is C17H30N2O2. The van der Waals surface area contributed by atoms with Crippen molar-refractivity contribution in [2.75, 3.05) is 40.3 Å². The molecule has 0 aliphatic rings. The molecule has 21 heavy (non-hydrogen) atoms. The molecule has 4 nitrogen and oxygen atoms in total. The average Bonchev–Trinajstić information content (AvgIpc) is 2.49. The molecule has 2 N–H and O–H groups in total. The summed E-state index contributed by atoms with van der Waals surface area (Å²) in [6, 6.07) is 8.04. The van der Waals surface area contributed by atoms with Gasteiger partial charge in [0.25, 0.3) is 0 Å². The highest BCUT2D eigenvalue weighted by molar-refractivity contribution is 5.27. The van der Waals surface area contributed by atoms with Gasteiger partial charge < -0.3 is 20.1 Å². The third kappa shape index (κ3) is 8.71. The molecule has 1 rings (SSSR count). The average molecular weight is 294 g/mol. The summed E-state index contributed by atoms with van der Waals surface area (Å²) >= 11 is 0. The van der Waals surface area contributed by atoms with Crippen LogP contribution in [-0.2, 0) is 6.42 Å². The molecule has 0 spiro atoms. The smallest absolute Gasteiger partial charge is 0.119 e. The minimum absolute atomic E-state index is 0.330. The lowest BCUT2D eigenvalue weighted by molar-refractivity contribution is 0.106. The van der Waals surface area contributed by atoms with Crippen LogP contribution >= 0.6 is 0 Å². The number of hydrogen-bond acceptors (Lipinski definition) is 4. The van der Waals surface area contributed by atoms with Crippen LogP contribution in [0.3, 0.4) is 0 Å². The molecule has 1 atom stereocenters. The summed E-state index contributed by atoms with van der Waals surface area (Å²) in [5.74, 6) is 0.817. The standard InChI is InChI=1S/C17H30N2O2/c1-4-15-7-9-17(10-8-15)21-14-16(20)13-18-11-5-6-12-19(2)3/h7-10,16,18,20H,4-6,11-14H2,1-3H3. The van der Waals surface area contributed by atoms with E-state index in [0.717, 1.165) is 31.7 Å². The number of benzene rings is 1. The number of nitrogens with one attached hydrogen (secondary N) is 1. The Morgan fingerprint density at radius 3 is 2.52 bits per heavy atom. The van der Waals surface area contributed by atoms with Crippen molar-refractivity contribution in [3.05, 3.63) is 29.8 Å². The molecule has 1 aromatic carbocycles. The molecule has 1 unspecified atom stereocenters. The van der Waals surface area contributed by atoms with E-state index in [4.69, 9.17) is 4.74 Å². The number of unbranched alkanes of at least 4 members (excludes halogenated alkanes) is 1. The van der Waals surface area contributed by atoms with E-state index in [9.17, 15) is 5.11 Å². The van der Waals surface area contributed by atoms with Gasteiger partial charge in [0, 0.05) is 6.54 Å². The van der Waals surface area contributed by atoms with Crippen LogP contribution in [0.4, 0.5) is 0 Å². The van der Waals surface area contributed by atoms with Crippen LogP contribution in [0.1, 0.15) is 25.3 Å². The van der Waals surface area contributed by atoms with E-state index in [1.807, 2.05) is 12.1 Å². The summed E-state index contributed by atoms with van der Waals surface area (Å²) in [5, 5.41) is 13.1. The van der Waals surface area contributed by atoms with E-state index in [1.165, 1.54) is 12.0 Å². The Kier molecular flexibility index (Phi) is 9.06. The van der Waals surface area contributed by atoms with E-state index in [1.54, 1.807) is 0 Å². The van der Waals surface area contributed by atoms with Gasteiger partial charge in [-0.15, -0.1) is 0 Å². The lowest BCUT2D eigenvalue weighted by atomic mass is 10.2. The maximum atomic E-state index is 9.86. The maximum absolute atomic E-state index is 9.86. The zero-order chi connectivity index (χ0) is 15.5. The first-order chi connectivity index (χ1) is 10.1. The summed E-state index contributed by atoms with van der Waals surface area (Å²) in [7, 11) is 4.17. The van der Waals surface area contributed by atoms with Gasteiger partial charge in [0.05, 0.1) is 0 Å². The second-order valence-electron chi connectivity index (χ2n) is 5.68. The van der Waals surface area contributed by atoms with E-state index in [2.05, 4.69) is 43.4 Å². The Bertz CT molecular complexity index is 366. The van der Waals surface area contributed by atoms with Crippen LogP contribution in [0.5, 0.6) is 5.75 Å². The van der Waals surface area contributed by atoms with Crippen molar-refractivity contribution in [2.24, 2.45) is 0 Å². The second kappa shape index (κ2) is 10.6. The van der Waals surface area contributed by atoms with E-state index in [0.29, 0.717) is 13.2 Å². The molecule has 1 aromatic rings. The third-order valence-electron chi connectivity index (χ3n) is 3.36. The molecule has 0 heterocycles. The van der Waals surface area contributed by atoms with Gasteiger partial charge in [-0.1, -0.05) is 19.1 Å². The predicted octanol–water partition coefficient (Wildman–Crippen LogP) is 1.92. The molecule has 0 aliphatic heterocycles. The molecule has 0 saturated heterocycles. The molecule has 0 bridgehead atoms. The van der Waals surface area contributed by atoms with Crippen LogP contribution in [0.25, 0.3) is 0 Å². The van der Waals surface area contributed by atoms with Gasteiger partial charge >= 0.3 is 0 Å². The Morgan fingerprint density at radius 2 is 1.90 bits per heavy atom. The number of ether oxygens (including phenoxy) is 1. The van der Waals surface area contributed by atoms with Crippen LogP contribution < -0.4 is 10.1 Å².